The summed E-state index contributed by atoms with van der Waals surface area (Å²) in [7, 11) is 0. The molecule has 2 heterocycles. The summed E-state index contributed by atoms with van der Waals surface area (Å²) in [5.41, 5.74) is 6.50. The minimum Gasteiger partial charge on any atom is -0.462 e. The van der Waals surface area contributed by atoms with Gasteiger partial charge in [0.15, 0.2) is 0 Å². The maximum atomic E-state index is 13.9. The van der Waals surface area contributed by atoms with Gasteiger partial charge in [0.25, 0.3) is 0 Å². The minimum atomic E-state index is -0.652. The summed E-state index contributed by atoms with van der Waals surface area (Å²) < 4.78 is 18.9. The maximum absolute atomic E-state index is 13.9. The number of fused-ring (bicyclic) bond motifs is 1. The molecule has 0 aliphatic rings. The highest BCUT2D eigenvalue weighted by Gasteiger charge is 2.17. The van der Waals surface area contributed by atoms with Crippen LogP contribution in [0.15, 0.2) is 24.3 Å². The van der Waals surface area contributed by atoms with Crippen molar-refractivity contribution < 1.29 is 13.9 Å². The van der Waals surface area contributed by atoms with Crippen molar-refractivity contribution in [2.45, 2.75) is 6.92 Å². The van der Waals surface area contributed by atoms with E-state index >= 15 is 0 Å². The molecule has 0 saturated heterocycles. The molecule has 0 radical (unpaired) electrons. The molecule has 0 fully saturated rings. The molecule has 3 aromatic rings. The topological polar surface area (TPSA) is 102 Å². The van der Waals surface area contributed by atoms with E-state index in [-0.39, 0.29) is 18.1 Å². The molecule has 3 rings (SSSR count). The molecule has 0 aliphatic heterocycles. The van der Waals surface area contributed by atoms with Crippen LogP contribution in [0.5, 0.6) is 0 Å². The fourth-order valence-corrected chi connectivity index (χ4v) is 3.15. The van der Waals surface area contributed by atoms with Crippen LogP contribution in [-0.4, -0.2) is 22.5 Å². The molecule has 2 N–H and O–H groups in total. The largest absolute Gasteiger partial charge is 0.462 e. The minimum absolute atomic E-state index is 0.0135. The normalized spacial score (nSPS) is 10.5. The van der Waals surface area contributed by atoms with Gasteiger partial charge in [-0.1, -0.05) is 6.07 Å². The van der Waals surface area contributed by atoms with Crippen molar-refractivity contribution in [3.63, 3.8) is 0 Å². The second kappa shape index (κ2) is 6.22. The van der Waals surface area contributed by atoms with Crippen molar-refractivity contribution >= 4 is 33.5 Å². The lowest BCUT2D eigenvalue weighted by Crippen LogP contribution is -2.01. The zero-order valence-electron chi connectivity index (χ0n) is 12.5. The second-order valence-corrected chi connectivity index (χ2v) is 5.82. The Labute approximate surface area is 140 Å². The van der Waals surface area contributed by atoms with Crippen LogP contribution < -0.4 is 5.73 Å². The molecular weight excluding hydrogens is 331 g/mol. The van der Waals surface area contributed by atoms with Gasteiger partial charge in [0.2, 0.25) is 5.95 Å². The Morgan fingerprint density at radius 3 is 2.88 bits per heavy atom. The van der Waals surface area contributed by atoms with E-state index < -0.39 is 11.8 Å². The number of aromatic nitrogens is 2. The Balaban J connectivity index is 2.19. The molecule has 0 amide bonds. The van der Waals surface area contributed by atoms with E-state index in [1.54, 1.807) is 25.1 Å². The van der Waals surface area contributed by atoms with E-state index in [0.717, 1.165) is 11.3 Å². The van der Waals surface area contributed by atoms with Crippen molar-refractivity contribution in [1.82, 2.24) is 9.97 Å². The molecule has 0 bridgehead atoms. The van der Waals surface area contributed by atoms with Gasteiger partial charge in [-0.05, 0) is 25.1 Å². The Hall–Kier alpha value is -3.05. The number of benzene rings is 1. The summed E-state index contributed by atoms with van der Waals surface area (Å²) in [4.78, 5) is 21.0. The van der Waals surface area contributed by atoms with Crippen LogP contribution >= 0.6 is 11.3 Å². The standard InChI is InChI=1S/C16H11FN4O2S/c1-2-23-15(22)12-6-10-13(20-16(19)21-14(10)24-12)8-3-4-9(7-18)11(17)5-8/h3-6H,2H2,1H3,(H2,19,20,21). The van der Waals surface area contributed by atoms with Gasteiger partial charge in [-0.15, -0.1) is 11.3 Å². The van der Waals surface area contributed by atoms with Gasteiger partial charge < -0.3 is 10.5 Å². The first-order valence-corrected chi connectivity index (χ1v) is 7.79. The van der Waals surface area contributed by atoms with E-state index in [1.165, 1.54) is 12.1 Å². The van der Waals surface area contributed by atoms with Crippen LogP contribution in [-0.2, 0) is 4.74 Å². The number of nitrogens with two attached hydrogens (primary N) is 1. The highest BCUT2D eigenvalue weighted by molar-refractivity contribution is 7.20. The fraction of sp³-hybridized carbons (Fsp3) is 0.125. The van der Waals surface area contributed by atoms with E-state index in [2.05, 4.69) is 9.97 Å². The lowest BCUT2D eigenvalue weighted by Gasteiger charge is -2.04. The molecule has 0 atom stereocenters. The van der Waals surface area contributed by atoms with Crippen LogP contribution in [0.4, 0.5) is 10.3 Å². The van der Waals surface area contributed by atoms with Crippen molar-refractivity contribution in [1.29, 1.82) is 5.26 Å². The van der Waals surface area contributed by atoms with Gasteiger partial charge in [-0.25, -0.2) is 19.2 Å². The van der Waals surface area contributed by atoms with Gasteiger partial charge in [0.1, 0.15) is 21.6 Å². The molecule has 0 aliphatic carbocycles. The predicted octanol–water partition coefficient (Wildman–Crippen LogP) is 3.13. The number of carbonyl (C=O) groups is 1. The number of nitrogen functional groups attached to an aromatic ring is 1. The lowest BCUT2D eigenvalue weighted by atomic mass is 10.1. The zero-order valence-corrected chi connectivity index (χ0v) is 13.4. The van der Waals surface area contributed by atoms with Crippen molar-refractivity contribution in [2.75, 3.05) is 12.3 Å². The smallest absolute Gasteiger partial charge is 0.348 e. The molecule has 0 spiro atoms. The van der Waals surface area contributed by atoms with Gasteiger partial charge in [0, 0.05) is 10.9 Å². The van der Waals surface area contributed by atoms with Gasteiger partial charge in [-0.2, -0.15) is 5.26 Å². The fourth-order valence-electron chi connectivity index (χ4n) is 2.21. The van der Waals surface area contributed by atoms with E-state index in [1.807, 2.05) is 0 Å². The second-order valence-electron chi connectivity index (χ2n) is 4.79. The number of anilines is 1. The summed E-state index contributed by atoms with van der Waals surface area (Å²) in [6, 6.07) is 7.52. The van der Waals surface area contributed by atoms with Gasteiger partial charge >= 0.3 is 5.97 Å². The highest BCUT2D eigenvalue weighted by Crippen LogP contribution is 2.33. The Kier molecular flexibility index (Phi) is 4.10. The first-order valence-electron chi connectivity index (χ1n) is 6.97. The number of carbonyl (C=O) groups excluding carboxylic acids is 1. The molecule has 6 nitrogen and oxygen atoms in total. The summed E-state index contributed by atoms with van der Waals surface area (Å²) in [5.74, 6) is -1.10. The van der Waals surface area contributed by atoms with Crippen molar-refractivity contribution in [3.8, 4) is 17.3 Å². The molecule has 1 aromatic carbocycles. The predicted molar refractivity (Wildman–Crippen MR) is 87.9 cm³/mol. The number of esters is 1. The zero-order chi connectivity index (χ0) is 17.3. The number of thiophene rings is 1. The monoisotopic (exact) mass is 342 g/mol. The summed E-state index contributed by atoms with van der Waals surface area (Å²) >= 11 is 1.13. The molecule has 2 aromatic heterocycles. The maximum Gasteiger partial charge on any atom is 0.348 e. The molecule has 8 heteroatoms. The molecule has 120 valence electrons. The first kappa shape index (κ1) is 15.8. The molecular formula is C16H11FN4O2S. The summed E-state index contributed by atoms with van der Waals surface area (Å²) in [6.45, 7) is 1.97. The SMILES string of the molecule is CCOC(=O)c1cc2c(-c3ccc(C#N)c(F)c3)nc(N)nc2s1. The van der Waals surface area contributed by atoms with Crippen molar-refractivity contribution in [2.24, 2.45) is 0 Å². The Morgan fingerprint density at radius 1 is 1.42 bits per heavy atom. The third kappa shape index (κ3) is 2.77. The number of nitrogens with zero attached hydrogens (tertiary/aromatic N) is 3. The third-order valence-electron chi connectivity index (χ3n) is 3.25. The van der Waals surface area contributed by atoms with Crippen LogP contribution in [0.25, 0.3) is 21.5 Å². The average molecular weight is 342 g/mol. The van der Waals surface area contributed by atoms with Gasteiger partial charge in [-0.3, -0.25) is 0 Å². The third-order valence-corrected chi connectivity index (χ3v) is 4.26. The summed E-state index contributed by atoms with van der Waals surface area (Å²) in [5, 5.41) is 9.40. The number of halogens is 1. The first-order chi connectivity index (χ1) is 11.5. The van der Waals surface area contributed by atoms with E-state index in [0.29, 0.717) is 26.4 Å². The number of rotatable bonds is 3. The van der Waals surface area contributed by atoms with E-state index in [9.17, 15) is 9.18 Å². The van der Waals surface area contributed by atoms with E-state index in [4.69, 9.17) is 15.7 Å². The Bertz CT molecular complexity index is 994. The van der Waals surface area contributed by atoms with Crippen molar-refractivity contribution in [3.05, 3.63) is 40.5 Å². The number of ether oxygens (including phenoxy) is 1. The molecule has 24 heavy (non-hydrogen) atoms. The lowest BCUT2D eigenvalue weighted by molar-refractivity contribution is 0.0532. The number of hydrogen-bond acceptors (Lipinski definition) is 7. The number of hydrogen-bond donors (Lipinski definition) is 1. The summed E-state index contributed by atoms with van der Waals surface area (Å²) in [6.07, 6.45) is 0. The van der Waals surface area contributed by atoms with Crippen LogP contribution in [0.1, 0.15) is 22.2 Å². The van der Waals surface area contributed by atoms with Crippen LogP contribution in [0, 0.1) is 17.1 Å². The highest BCUT2D eigenvalue weighted by atomic mass is 32.1. The number of nitriles is 1. The van der Waals surface area contributed by atoms with Crippen LogP contribution in [0.2, 0.25) is 0 Å². The average Bonchev–Trinajstić information content (AvgIpc) is 2.98. The quantitative estimate of drug-likeness (QED) is 0.734. The molecule has 0 unspecified atom stereocenters. The Morgan fingerprint density at radius 2 is 2.21 bits per heavy atom. The molecule has 0 saturated carbocycles. The van der Waals surface area contributed by atoms with Gasteiger partial charge in [0.05, 0.1) is 17.9 Å². The van der Waals surface area contributed by atoms with Crippen LogP contribution in [0.3, 0.4) is 0 Å².